The lowest BCUT2D eigenvalue weighted by Crippen LogP contribution is -2.48. The van der Waals surface area contributed by atoms with Crippen LogP contribution in [0.3, 0.4) is 0 Å². The van der Waals surface area contributed by atoms with Gasteiger partial charge in [0.1, 0.15) is 0 Å². The van der Waals surface area contributed by atoms with Gasteiger partial charge < -0.3 is 14.9 Å². The number of carbonyl (C=O) groups is 2. The summed E-state index contributed by atoms with van der Waals surface area (Å²) in [6, 6.07) is -0.0629. The number of rotatable bonds is 3. The van der Waals surface area contributed by atoms with Crippen molar-refractivity contribution >= 4 is 11.8 Å². The van der Waals surface area contributed by atoms with Crippen molar-refractivity contribution < 1.29 is 14.7 Å². The second-order valence-corrected chi connectivity index (χ2v) is 5.90. The third-order valence-corrected chi connectivity index (χ3v) is 4.41. The molecule has 5 nitrogen and oxygen atoms in total. The maximum absolute atomic E-state index is 12.5. The Kier molecular flexibility index (Phi) is 5.83. The van der Waals surface area contributed by atoms with Gasteiger partial charge in [-0.15, -0.1) is 0 Å². The quantitative estimate of drug-likeness (QED) is 0.845. The predicted octanol–water partition coefficient (Wildman–Crippen LogP) is 1.15. The first kappa shape index (κ1) is 15.3. The van der Waals surface area contributed by atoms with E-state index >= 15 is 0 Å². The normalized spacial score (nSPS) is 25.2. The summed E-state index contributed by atoms with van der Waals surface area (Å²) in [7, 11) is 0. The first-order valence-corrected chi connectivity index (χ1v) is 7.90. The van der Waals surface area contributed by atoms with Crippen molar-refractivity contribution in [3.63, 3.8) is 0 Å². The fourth-order valence-corrected chi connectivity index (χ4v) is 3.16. The lowest BCUT2D eigenvalue weighted by Gasteiger charge is -2.31. The molecule has 2 aliphatic rings. The molecule has 2 heterocycles. The molecule has 0 aromatic carbocycles. The van der Waals surface area contributed by atoms with E-state index in [1.165, 1.54) is 0 Å². The van der Waals surface area contributed by atoms with Gasteiger partial charge in [-0.05, 0) is 25.7 Å². The molecule has 0 aromatic rings. The molecule has 2 aliphatic heterocycles. The summed E-state index contributed by atoms with van der Waals surface area (Å²) in [4.78, 5) is 27.9. The molecule has 0 aromatic heterocycles. The zero-order valence-electron chi connectivity index (χ0n) is 12.2. The van der Waals surface area contributed by atoms with E-state index in [4.69, 9.17) is 0 Å². The van der Waals surface area contributed by atoms with E-state index in [0.717, 1.165) is 44.9 Å². The molecule has 5 heteroatoms. The topological polar surface area (TPSA) is 60.9 Å². The molecular formula is C15H26N2O3. The van der Waals surface area contributed by atoms with E-state index < -0.39 is 0 Å². The molecule has 1 N–H and O–H groups in total. The second kappa shape index (κ2) is 7.62. The van der Waals surface area contributed by atoms with Gasteiger partial charge in [0, 0.05) is 19.5 Å². The third kappa shape index (κ3) is 3.95. The van der Waals surface area contributed by atoms with Crippen LogP contribution >= 0.6 is 0 Å². The second-order valence-electron chi connectivity index (χ2n) is 5.90. The fourth-order valence-electron chi connectivity index (χ4n) is 3.16. The number of likely N-dealkylation sites (tertiary alicyclic amines) is 2. The Labute approximate surface area is 120 Å². The van der Waals surface area contributed by atoms with Crippen LogP contribution in [-0.4, -0.2) is 59.0 Å². The van der Waals surface area contributed by atoms with E-state index in [1.54, 1.807) is 9.80 Å². The van der Waals surface area contributed by atoms with Crippen LogP contribution in [0.1, 0.15) is 51.4 Å². The zero-order valence-corrected chi connectivity index (χ0v) is 12.2. The van der Waals surface area contributed by atoms with Crippen LogP contribution in [-0.2, 0) is 9.59 Å². The molecule has 2 amide bonds. The molecule has 0 bridgehead atoms. The minimum absolute atomic E-state index is 0.00111. The highest BCUT2D eigenvalue weighted by molar-refractivity contribution is 5.85. The van der Waals surface area contributed by atoms with Crippen molar-refractivity contribution in [2.75, 3.05) is 26.2 Å². The van der Waals surface area contributed by atoms with Crippen LogP contribution < -0.4 is 0 Å². The van der Waals surface area contributed by atoms with Crippen molar-refractivity contribution in [1.82, 2.24) is 9.80 Å². The van der Waals surface area contributed by atoms with E-state index in [9.17, 15) is 14.7 Å². The van der Waals surface area contributed by atoms with E-state index in [-0.39, 0.29) is 31.0 Å². The van der Waals surface area contributed by atoms with Crippen LogP contribution in [0, 0.1) is 0 Å². The number of aliphatic hydroxyl groups excluding tert-OH is 1. The highest BCUT2D eigenvalue weighted by Gasteiger charge is 2.27. The molecule has 1 unspecified atom stereocenters. The minimum atomic E-state index is -0.0629. The van der Waals surface area contributed by atoms with Crippen LogP contribution in [0.25, 0.3) is 0 Å². The van der Waals surface area contributed by atoms with Gasteiger partial charge in [-0.3, -0.25) is 9.59 Å². The maximum Gasteiger partial charge on any atom is 0.242 e. The number of amides is 2. The summed E-state index contributed by atoms with van der Waals surface area (Å²) >= 11 is 0. The van der Waals surface area contributed by atoms with Gasteiger partial charge in [-0.1, -0.05) is 19.3 Å². The Balaban J connectivity index is 1.96. The molecule has 2 fully saturated rings. The summed E-state index contributed by atoms with van der Waals surface area (Å²) in [5.41, 5.74) is 0. The van der Waals surface area contributed by atoms with Gasteiger partial charge in [0.25, 0.3) is 0 Å². The zero-order chi connectivity index (χ0) is 14.4. The molecule has 0 radical (unpaired) electrons. The molecule has 114 valence electrons. The first-order chi connectivity index (χ1) is 9.72. The SMILES string of the molecule is O=C1CCCCCN1CC(=O)N1CCCCCC1CO. The molecule has 0 aliphatic carbocycles. The Morgan fingerprint density at radius 1 is 1.10 bits per heavy atom. The van der Waals surface area contributed by atoms with Crippen LogP contribution in [0.5, 0.6) is 0 Å². The Hall–Kier alpha value is -1.10. The summed E-state index contributed by atoms with van der Waals surface area (Å²) in [5.74, 6) is 0.104. The number of hydrogen-bond acceptors (Lipinski definition) is 3. The smallest absolute Gasteiger partial charge is 0.242 e. The Bertz CT molecular complexity index is 346. The van der Waals surface area contributed by atoms with Gasteiger partial charge in [-0.2, -0.15) is 0 Å². The van der Waals surface area contributed by atoms with E-state index in [2.05, 4.69) is 0 Å². The summed E-state index contributed by atoms with van der Waals surface area (Å²) in [6.45, 7) is 1.63. The number of hydrogen-bond donors (Lipinski definition) is 1. The molecule has 2 rings (SSSR count). The summed E-state index contributed by atoms with van der Waals surface area (Å²) < 4.78 is 0. The van der Waals surface area contributed by atoms with Gasteiger partial charge in [0.05, 0.1) is 19.2 Å². The maximum atomic E-state index is 12.5. The van der Waals surface area contributed by atoms with E-state index in [1.807, 2.05) is 0 Å². The highest BCUT2D eigenvalue weighted by atomic mass is 16.3. The number of carbonyl (C=O) groups excluding carboxylic acids is 2. The van der Waals surface area contributed by atoms with Gasteiger partial charge in [0.2, 0.25) is 11.8 Å². The van der Waals surface area contributed by atoms with Gasteiger partial charge in [-0.25, -0.2) is 0 Å². The highest BCUT2D eigenvalue weighted by Crippen LogP contribution is 2.18. The lowest BCUT2D eigenvalue weighted by molar-refractivity contribution is -0.142. The summed E-state index contributed by atoms with van der Waals surface area (Å²) in [6.07, 6.45) is 7.61. The standard InChI is InChI=1S/C15H26N2O3/c18-12-13-7-3-1-6-10-17(13)15(20)11-16-9-5-2-4-8-14(16)19/h13,18H,1-12H2. The van der Waals surface area contributed by atoms with Crippen molar-refractivity contribution in [2.24, 2.45) is 0 Å². The number of nitrogens with zero attached hydrogens (tertiary/aromatic N) is 2. The average molecular weight is 282 g/mol. The summed E-state index contributed by atoms with van der Waals surface area (Å²) in [5, 5.41) is 9.46. The first-order valence-electron chi connectivity index (χ1n) is 7.90. The molecule has 0 saturated carbocycles. The monoisotopic (exact) mass is 282 g/mol. The van der Waals surface area contributed by atoms with Gasteiger partial charge >= 0.3 is 0 Å². The van der Waals surface area contributed by atoms with Crippen LogP contribution in [0.4, 0.5) is 0 Å². The predicted molar refractivity (Wildman–Crippen MR) is 76.1 cm³/mol. The third-order valence-electron chi connectivity index (χ3n) is 4.41. The van der Waals surface area contributed by atoms with Crippen LogP contribution in [0.2, 0.25) is 0 Å². The average Bonchev–Trinajstić information content (AvgIpc) is 2.80. The van der Waals surface area contributed by atoms with Crippen LogP contribution in [0.15, 0.2) is 0 Å². The largest absolute Gasteiger partial charge is 0.394 e. The Morgan fingerprint density at radius 3 is 2.65 bits per heavy atom. The van der Waals surface area contributed by atoms with Crippen molar-refractivity contribution in [2.45, 2.75) is 57.4 Å². The fraction of sp³-hybridized carbons (Fsp3) is 0.867. The molecule has 1 atom stereocenters. The van der Waals surface area contributed by atoms with Crippen molar-refractivity contribution in [3.05, 3.63) is 0 Å². The number of aliphatic hydroxyl groups is 1. The van der Waals surface area contributed by atoms with Gasteiger partial charge in [0.15, 0.2) is 0 Å². The molecule has 0 spiro atoms. The molecular weight excluding hydrogens is 256 g/mol. The molecule has 2 saturated heterocycles. The van der Waals surface area contributed by atoms with Crippen molar-refractivity contribution in [3.8, 4) is 0 Å². The minimum Gasteiger partial charge on any atom is -0.394 e. The molecule has 20 heavy (non-hydrogen) atoms. The van der Waals surface area contributed by atoms with Crippen molar-refractivity contribution in [1.29, 1.82) is 0 Å². The van der Waals surface area contributed by atoms with E-state index in [0.29, 0.717) is 19.5 Å². The Morgan fingerprint density at radius 2 is 1.85 bits per heavy atom. The lowest BCUT2D eigenvalue weighted by atomic mass is 10.1.